The average Bonchev–Trinajstić information content (AvgIpc) is 2.37. The van der Waals surface area contributed by atoms with Crippen LogP contribution in [0, 0.1) is 3.82 Å². The predicted molar refractivity (Wildman–Crippen MR) is 58.7 cm³/mol. The molecule has 0 saturated carbocycles. The Morgan fingerprint density at radius 3 is 2.91 bits per heavy atom. The molecule has 62 valence electrons. The molecule has 0 spiro atoms. The summed E-state index contributed by atoms with van der Waals surface area (Å²) in [6.07, 6.45) is 2.59. The van der Waals surface area contributed by atoms with Crippen LogP contribution >= 0.6 is 44.7 Å². The minimum Gasteiger partial charge on any atom is -0.115 e. The van der Waals surface area contributed by atoms with Gasteiger partial charge in [-0.3, -0.25) is 0 Å². The summed E-state index contributed by atoms with van der Waals surface area (Å²) in [6.45, 7) is 2.22. The predicted octanol–water partition coefficient (Wildman–Crippen LogP) is 4.43. The van der Waals surface area contributed by atoms with Gasteiger partial charge in [0, 0.05) is 0 Å². The average molecular weight is 222 g/mol. The molecule has 0 aliphatic carbocycles. The van der Waals surface area contributed by atoms with Gasteiger partial charge in [-0.2, -0.15) is 0 Å². The van der Waals surface area contributed by atoms with Crippen LogP contribution < -0.4 is 0 Å². The number of hydrogen-bond donors (Lipinski definition) is 0. The van der Waals surface area contributed by atoms with E-state index in [9.17, 15) is 0 Å². The highest BCUT2D eigenvalue weighted by Gasteiger charge is 1.95. The zero-order valence-corrected chi connectivity index (χ0v) is 9.60. The monoisotopic (exact) mass is 222 g/mol. The lowest BCUT2D eigenvalue weighted by molar-refractivity contribution is 0.896. The maximum Gasteiger partial charge on any atom is 0.103 e. The number of thioether (sulfide) groups is 1. The van der Waals surface area contributed by atoms with E-state index in [0.29, 0.717) is 0 Å². The van der Waals surface area contributed by atoms with E-state index < -0.39 is 0 Å². The van der Waals surface area contributed by atoms with Crippen molar-refractivity contribution in [2.24, 2.45) is 0 Å². The molecular formula is C7H10S4. The van der Waals surface area contributed by atoms with E-state index in [1.54, 1.807) is 20.7 Å². The summed E-state index contributed by atoms with van der Waals surface area (Å²) in [5.41, 5.74) is 0. The lowest BCUT2D eigenvalue weighted by Gasteiger charge is -1.92. The second kappa shape index (κ2) is 5.30. The highest BCUT2D eigenvalue weighted by Crippen LogP contribution is 2.28. The Kier molecular flexibility index (Phi) is 4.67. The summed E-state index contributed by atoms with van der Waals surface area (Å²) in [4.78, 5) is 0. The van der Waals surface area contributed by atoms with Crippen LogP contribution in [0.2, 0.25) is 0 Å². The maximum absolute atomic E-state index is 5.03. The minimum atomic E-state index is 1.02. The normalized spacial score (nSPS) is 10.3. The van der Waals surface area contributed by atoms with Crippen molar-refractivity contribution in [3.63, 3.8) is 0 Å². The first kappa shape index (κ1) is 9.71. The van der Waals surface area contributed by atoms with Gasteiger partial charge in [-0.25, -0.2) is 0 Å². The second-order valence-corrected chi connectivity index (χ2v) is 6.46. The van der Waals surface area contributed by atoms with Crippen molar-refractivity contribution >= 4 is 44.7 Å². The fourth-order valence-corrected chi connectivity index (χ4v) is 4.63. The molecule has 0 nitrogen and oxygen atoms in total. The molecule has 0 atom stereocenters. The molecule has 0 saturated heterocycles. The number of hydrogen-bond acceptors (Lipinski definition) is 4. The maximum atomic E-state index is 5.03. The van der Waals surface area contributed by atoms with Gasteiger partial charge in [0.15, 0.2) is 0 Å². The van der Waals surface area contributed by atoms with Crippen LogP contribution in [0.1, 0.15) is 19.8 Å². The summed E-state index contributed by atoms with van der Waals surface area (Å²) in [7, 11) is 3.50. The van der Waals surface area contributed by atoms with Gasteiger partial charge in [0.05, 0.1) is 4.21 Å². The van der Waals surface area contributed by atoms with Crippen LogP contribution in [0.15, 0.2) is 10.3 Å². The summed E-state index contributed by atoms with van der Waals surface area (Å²) in [5, 5.41) is 0. The first-order valence-electron chi connectivity index (χ1n) is 3.56. The van der Waals surface area contributed by atoms with Crippen LogP contribution in [-0.4, -0.2) is 5.75 Å². The van der Waals surface area contributed by atoms with Crippen LogP contribution in [-0.2, 0) is 0 Å². The molecule has 0 bridgehead atoms. The Bertz CT molecular complexity index is 247. The Labute approximate surface area is 84.0 Å². The van der Waals surface area contributed by atoms with E-state index in [1.165, 1.54) is 22.8 Å². The van der Waals surface area contributed by atoms with Crippen LogP contribution in [0.3, 0.4) is 0 Å². The molecule has 0 aliphatic rings. The molecule has 0 N–H and O–H groups in total. The highest BCUT2D eigenvalue weighted by molar-refractivity contribution is 8.02. The molecule has 0 aliphatic heterocycles. The van der Waals surface area contributed by atoms with E-state index >= 15 is 0 Å². The van der Waals surface area contributed by atoms with Gasteiger partial charge >= 0.3 is 0 Å². The van der Waals surface area contributed by atoms with E-state index in [0.717, 1.165) is 3.82 Å². The van der Waals surface area contributed by atoms with Gasteiger partial charge in [-0.1, -0.05) is 46.2 Å². The van der Waals surface area contributed by atoms with Gasteiger partial charge < -0.3 is 0 Å². The molecule has 1 rings (SSSR count). The molecule has 1 heterocycles. The van der Waals surface area contributed by atoms with E-state index in [2.05, 4.69) is 13.0 Å². The number of unbranched alkanes of at least 4 members (excludes halogenated alkanes) is 1. The topological polar surface area (TPSA) is 0 Å². The molecule has 0 unspecified atom stereocenters. The standard InChI is InChI=1S/C7H10S4/c1-2-3-4-9-7-5-6(8)10-11-7/h5H,2-4H2,1H3. The minimum absolute atomic E-state index is 1.02. The first-order chi connectivity index (χ1) is 5.33. The quantitative estimate of drug-likeness (QED) is 0.320. The third-order valence-corrected chi connectivity index (χ3v) is 5.66. The molecule has 11 heavy (non-hydrogen) atoms. The van der Waals surface area contributed by atoms with Crippen molar-refractivity contribution in [2.45, 2.75) is 24.0 Å². The van der Waals surface area contributed by atoms with Crippen LogP contribution in [0.4, 0.5) is 0 Å². The van der Waals surface area contributed by atoms with Crippen molar-refractivity contribution in [1.29, 1.82) is 0 Å². The van der Waals surface area contributed by atoms with Gasteiger partial charge in [0.1, 0.15) is 3.82 Å². The van der Waals surface area contributed by atoms with E-state index in [4.69, 9.17) is 12.2 Å². The lowest BCUT2D eigenvalue weighted by Crippen LogP contribution is -1.73. The van der Waals surface area contributed by atoms with Gasteiger partial charge in [-0.15, -0.1) is 11.8 Å². The third-order valence-electron chi connectivity index (χ3n) is 1.18. The molecule has 1 aromatic heterocycles. The Morgan fingerprint density at radius 1 is 1.55 bits per heavy atom. The first-order valence-corrected chi connectivity index (χ1v) is 7.10. The molecule has 0 radical (unpaired) electrons. The Morgan fingerprint density at radius 2 is 2.36 bits per heavy atom. The van der Waals surface area contributed by atoms with Crippen molar-refractivity contribution in [3.8, 4) is 0 Å². The third kappa shape index (κ3) is 3.69. The summed E-state index contributed by atoms with van der Waals surface area (Å²) >= 11 is 6.96. The van der Waals surface area contributed by atoms with Crippen LogP contribution in [0.25, 0.3) is 0 Å². The molecule has 4 heteroatoms. The zero-order chi connectivity index (χ0) is 8.10. The van der Waals surface area contributed by atoms with Crippen molar-refractivity contribution in [3.05, 3.63) is 9.89 Å². The molecule has 0 fully saturated rings. The van der Waals surface area contributed by atoms with Crippen LogP contribution in [0.5, 0.6) is 0 Å². The summed E-state index contributed by atoms with van der Waals surface area (Å²) in [5.74, 6) is 1.23. The van der Waals surface area contributed by atoms with Crippen molar-refractivity contribution < 1.29 is 0 Å². The number of rotatable bonds is 4. The van der Waals surface area contributed by atoms with Gasteiger partial charge in [0.2, 0.25) is 0 Å². The fourth-order valence-electron chi connectivity index (χ4n) is 0.609. The Balaban J connectivity index is 2.33. The lowest BCUT2D eigenvalue weighted by atomic mass is 10.4. The van der Waals surface area contributed by atoms with E-state index in [-0.39, 0.29) is 0 Å². The fraction of sp³-hybridized carbons (Fsp3) is 0.571. The zero-order valence-electron chi connectivity index (χ0n) is 6.33. The smallest absolute Gasteiger partial charge is 0.103 e. The molecule has 0 aromatic carbocycles. The molecule has 1 aromatic rings. The van der Waals surface area contributed by atoms with Crippen molar-refractivity contribution in [1.82, 2.24) is 0 Å². The molecule has 0 amide bonds. The SMILES string of the molecule is CCCCSc1cc(=S)ss1. The summed E-state index contributed by atoms with van der Waals surface area (Å²) in [6, 6.07) is 2.10. The largest absolute Gasteiger partial charge is 0.115 e. The van der Waals surface area contributed by atoms with Crippen molar-refractivity contribution in [2.75, 3.05) is 5.75 Å². The van der Waals surface area contributed by atoms with Gasteiger partial charge in [0.25, 0.3) is 0 Å². The summed E-state index contributed by atoms with van der Waals surface area (Å²) < 4.78 is 2.41. The van der Waals surface area contributed by atoms with Gasteiger partial charge in [-0.05, 0) is 18.2 Å². The van der Waals surface area contributed by atoms with E-state index in [1.807, 2.05) is 11.8 Å². The highest BCUT2D eigenvalue weighted by atomic mass is 32.9. The second-order valence-electron chi connectivity index (χ2n) is 2.15. The Hall–Kier alpha value is 0.620. The molecular weight excluding hydrogens is 212 g/mol.